The summed E-state index contributed by atoms with van der Waals surface area (Å²) in [4.78, 5) is 9.14. The number of hydrogen-bond donors (Lipinski definition) is 2. The van der Waals surface area contributed by atoms with Gasteiger partial charge in [0, 0.05) is 17.7 Å². The van der Waals surface area contributed by atoms with Gasteiger partial charge in [-0.3, -0.25) is 0 Å². The van der Waals surface area contributed by atoms with Gasteiger partial charge in [0.25, 0.3) is 0 Å². The van der Waals surface area contributed by atoms with Gasteiger partial charge >= 0.3 is 0 Å². The molecule has 5 nitrogen and oxygen atoms in total. The summed E-state index contributed by atoms with van der Waals surface area (Å²) in [5.74, 6) is 1.19. The van der Waals surface area contributed by atoms with Crippen LogP contribution in [0.4, 0.5) is 17.5 Å². The van der Waals surface area contributed by atoms with E-state index in [-0.39, 0.29) is 6.04 Å². The van der Waals surface area contributed by atoms with Crippen molar-refractivity contribution in [1.82, 2.24) is 9.97 Å². The second-order valence-corrected chi connectivity index (χ2v) is 5.91. The van der Waals surface area contributed by atoms with Crippen molar-refractivity contribution in [2.45, 2.75) is 19.9 Å². The van der Waals surface area contributed by atoms with Gasteiger partial charge in [0.1, 0.15) is 11.9 Å². The minimum Gasteiger partial charge on any atom is -0.368 e. The lowest BCUT2D eigenvalue weighted by molar-refractivity contribution is 0.887. The molecule has 2 aromatic carbocycles. The highest BCUT2D eigenvalue weighted by Crippen LogP contribution is 2.24. The van der Waals surface area contributed by atoms with Gasteiger partial charge in [0.2, 0.25) is 5.95 Å². The molecular formula is C20H19N5. The smallest absolute Gasteiger partial charge is 0.229 e. The summed E-state index contributed by atoms with van der Waals surface area (Å²) in [7, 11) is 0. The zero-order valence-corrected chi connectivity index (χ0v) is 14.2. The predicted octanol–water partition coefficient (Wildman–Crippen LogP) is 4.58. The van der Waals surface area contributed by atoms with Crippen LogP contribution in [0.2, 0.25) is 0 Å². The van der Waals surface area contributed by atoms with E-state index in [1.807, 2.05) is 54.6 Å². The Kier molecular flexibility index (Phi) is 4.91. The van der Waals surface area contributed by atoms with E-state index in [0.717, 1.165) is 17.1 Å². The summed E-state index contributed by atoms with van der Waals surface area (Å²) < 4.78 is 0. The number of para-hydroxylation sites is 1. The fourth-order valence-corrected chi connectivity index (χ4v) is 2.44. The van der Waals surface area contributed by atoms with Gasteiger partial charge in [-0.05, 0) is 26.0 Å². The van der Waals surface area contributed by atoms with Crippen LogP contribution in [-0.2, 0) is 0 Å². The monoisotopic (exact) mass is 329 g/mol. The van der Waals surface area contributed by atoms with Gasteiger partial charge in [-0.15, -0.1) is 0 Å². The van der Waals surface area contributed by atoms with E-state index < -0.39 is 0 Å². The second kappa shape index (κ2) is 7.45. The third-order valence-corrected chi connectivity index (χ3v) is 3.53. The zero-order valence-electron chi connectivity index (χ0n) is 14.2. The summed E-state index contributed by atoms with van der Waals surface area (Å²) in [5.41, 5.74) is 3.06. The van der Waals surface area contributed by atoms with Crippen LogP contribution in [0.1, 0.15) is 19.4 Å². The normalized spacial score (nSPS) is 10.3. The largest absolute Gasteiger partial charge is 0.368 e. The van der Waals surface area contributed by atoms with Crippen molar-refractivity contribution < 1.29 is 0 Å². The Labute approximate surface area is 147 Å². The highest BCUT2D eigenvalue weighted by molar-refractivity contribution is 5.68. The Morgan fingerprint density at radius 1 is 0.960 bits per heavy atom. The number of benzene rings is 2. The lowest BCUT2D eigenvalue weighted by Crippen LogP contribution is -2.12. The molecule has 1 aromatic heterocycles. The van der Waals surface area contributed by atoms with Crippen LogP contribution in [0.5, 0.6) is 0 Å². The molecule has 0 bridgehead atoms. The predicted molar refractivity (Wildman–Crippen MR) is 101 cm³/mol. The Bertz CT molecular complexity index is 897. The second-order valence-electron chi connectivity index (χ2n) is 5.91. The zero-order chi connectivity index (χ0) is 17.6. The quantitative estimate of drug-likeness (QED) is 0.717. The maximum Gasteiger partial charge on any atom is 0.229 e. The Balaban J connectivity index is 2.02. The third kappa shape index (κ3) is 4.12. The molecule has 3 rings (SSSR count). The lowest BCUT2D eigenvalue weighted by atomic mass is 10.1. The molecule has 0 saturated heterocycles. The number of anilines is 3. The molecule has 3 aromatic rings. The van der Waals surface area contributed by atoms with Crippen LogP contribution < -0.4 is 10.6 Å². The molecule has 0 aliphatic rings. The van der Waals surface area contributed by atoms with Crippen molar-refractivity contribution in [3.63, 3.8) is 0 Å². The standard InChI is InChI=1S/C20H19N5/c1-14(2)22-19-12-18(15-8-4-3-5-9-15)24-20(25-19)23-17-11-7-6-10-16(17)13-21/h3-12,14H,1-2H3,(H2,22,23,24,25). The molecule has 0 atom stereocenters. The first-order valence-corrected chi connectivity index (χ1v) is 8.13. The van der Waals surface area contributed by atoms with Crippen LogP contribution in [-0.4, -0.2) is 16.0 Å². The van der Waals surface area contributed by atoms with E-state index in [0.29, 0.717) is 17.2 Å². The molecular weight excluding hydrogens is 310 g/mol. The van der Waals surface area contributed by atoms with Gasteiger partial charge in [-0.2, -0.15) is 10.2 Å². The number of nitrogens with one attached hydrogen (secondary N) is 2. The Morgan fingerprint density at radius 2 is 1.68 bits per heavy atom. The summed E-state index contributed by atoms with van der Waals surface area (Å²) in [6.07, 6.45) is 0. The molecule has 0 unspecified atom stereocenters. The maximum absolute atomic E-state index is 9.26. The average Bonchev–Trinajstić information content (AvgIpc) is 2.62. The van der Waals surface area contributed by atoms with Crippen molar-refractivity contribution in [1.29, 1.82) is 5.26 Å². The molecule has 124 valence electrons. The fourth-order valence-electron chi connectivity index (χ4n) is 2.44. The Hall–Kier alpha value is -3.39. The first-order valence-electron chi connectivity index (χ1n) is 8.13. The van der Waals surface area contributed by atoms with Crippen molar-refractivity contribution in [2.75, 3.05) is 10.6 Å². The molecule has 0 saturated carbocycles. The van der Waals surface area contributed by atoms with Gasteiger partial charge < -0.3 is 10.6 Å². The minimum absolute atomic E-state index is 0.248. The van der Waals surface area contributed by atoms with Crippen LogP contribution in [0.15, 0.2) is 60.7 Å². The van der Waals surface area contributed by atoms with Crippen LogP contribution in [0.25, 0.3) is 11.3 Å². The van der Waals surface area contributed by atoms with E-state index >= 15 is 0 Å². The van der Waals surface area contributed by atoms with Crippen LogP contribution >= 0.6 is 0 Å². The Morgan fingerprint density at radius 3 is 2.40 bits per heavy atom. The average molecular weight is 329 g/mol. The fraction of sp³-hybridized carbons (Fsp3) is 0.150. The number of aromatic nitrogens is 2. The summed E-state index contributed by atoms with van der Waals surface area (Å²) in [5, 5.41) is 15.7. The first kappa shape index (κ1) is 16.5. The number of hydrogen-bond acceptors (Lipinski definition) is 5. The molecule has 1 heterocycles. The molecule has 25 heavy (non-hydrogen) atoms. The third-order valence-electron chi connectivity index (χ3n) is 3.53. The van der Waals surface area contributed by atoms with E-state index in [2.05, 4.69) is 40.5 Å². The van der Waals surface area contributed by atoms with Gasteiger partial charge in [-0.1, -0.05) is 42.5 Å². The van der Waals surface area contributed by atoms with Crippen molar-refractivity contribution in [3.8, 4) is 17.3 Å². The highest BCUT2D eigenvalue weighted by atomic mass is 15.1. The summed E-state index contributed by atoms with van der Waals surface area (Å²) >= 11 is 0. The first-order chi connectivity index (χ1) is 12.2. The van der Waals surface area contributed by atoms with Crippen molar-refractivity contribution in [3.05, 3.63) is 66.2 Å². The van der Waals surface area contributed by atoms with E-state index in [1.165, 1.54) is 0 Å². The van der Waals surface area contributed by atoms with Gasteiger partial charge in [0.15, 0.2) is 0 Å². The van der Waals surface area contributed by atoms with E-state index in [9.17, 15) is 5.26 Å². The number of rotatable bonds is 5. The van der Waals surface area contributed by atoms with E-state index in [4.69, 9.17) is 0 Å². The lowest BCUT2D eigenvalue weighted by Gasteiger charge is -2.13. The topological polar surface area (TPSA) is 73.6 Å². The maximum atomic E-state index is 9.26. The molecule has 2 N–H and O–H groups in total. The van der Waals surface area contributed by atoms with Crippen LogP contribution in [0, 0.1) is 11.3 Å². The molecule has 5 heteroatoms. The van der Waals surface area contributed by atoms with Gasteiger partial charge in [-0.25, -0.2) is 4.98 Å². The van der Waals surface area contributed by atoms with Crippen LogP contribution in [0.3, 0.4) is 0 Å². The molecule has 0 aliphatic carbocycles. The molecule has 0 aliphatic heterocycles. The minimum atomic E-state index is 0.248. The van der Waals surface area contributed by atoms with Crippen molar-refractivity contribution >= 4 is 17.5 Å². The number of nitriles is 1. The van der Waals surface area contributed by atoms with Crippen molar-refractivity contribution in [2.24, 2.45) is 0 Å². The summed E-state index contributed by atoms with van der Waals surface area (Å²) in [6, 6.07) is 21.6. The SMILES string of the molecule is CC(C)Nc1cc(-c2ccccc2)nc(Nc2ccccc2C#N)n1. The molecule has 0 amide bonds. The summed E-state index contributed by atoms with van der Waals surface area (Å²) in [6.45, 7) is 4.12. The van der Waals surface area contributed by atoms with Gasteiger partial charge in [0.05, 0.1) is 16.9 Å². The molecule has 0 fully saturated rings. The molecule has 0 spiro atoms. The van der Waals surface area contributed by atoms with E-state index in [1.54, 1.807) is 6.07 Å². The highest BCUT2D eigenvalue weighted by Gasteiger charge is 2.09. The number of nitrogens with zero attached hydrogens (tertiary/aromatic N) is 3. The molecule has 0 radical (unpaired) electrons.